The lowest BCUT2D eigenvalue weighted by Crippen LogP contribution is -2.17. The van der Waals surface area contributed by atoms with Crippen LogP contribution in [-0.4, -0.2) is 37.2 Å². The molecule has 1 N–H and O–H groups in total. The standard InChI is InChI=1S/C8H20O3P2/c1-10-4-2-3-8(12)5-7(9)6-11-13/h7-9H,2-6,12-13H2,1H3/t7-,8?/m0/s1. The third kappa shape index (κ3) is 9.05. The van der Waals surface area contributed by atoms with Crippen molar-refractivity contribution in [3.05, 3.63) is 0 Å². The summed E-state index contributed by atoms with van der Waals surface area (Å²) in [5.41, 5.74) is 0.449. The summed E-state index contributed by atoms with van der Waals surface area (Å²) in [7, 11) is 6.59. The molecule has 0 spiro atoms. The van der Waals surface area contributed by atoms with Gasteiger partial charge in [-0.3, -0.25) is 0 Å². The van der Waals surface area contributed by atoms with Gasteiger partial charge >= 0.3 is 0 Å². The van der Waals surface area contributed by atoms with Crippen LogP contribution in [0.4, 0.5) is 0 Å². The summed E-state index contributed by atoms with van der Waals surface area (Å²) in [6, 6.07) is 0. The smallest absolute Gasteiger partial charge is 0.0782 e. The Bertz CT molecular complexity index is 114. The van der Waals surface area contributed by atoms with Gasteiger partial charge in [0, 0.05) is 23.2 Å². The lowest BCUT2D eigenvalue weighted by atomic mass is 10.1. The first-order valence-electron chi connectivity index (χ1n) is 4.45. The molecule has 0 aromatic carbocycles. The number of ether oxygens (including phenoxy) is 1. The maximum atomic E-state index is 9.39. The molecule has 0 fully saturated rings. The minimum atomic E-state index is -0.359. The molecule has 0 aliphatic carbocycles. The van der Waals surface area contributed by atoms with Crippen molar-refractivity contribution in [2.75, 3.05) is 20.3 Å². The van der Waals surface area contributed by atoms with Gasteiger partial charge in [-0.25, -0.2) is 0 Å². The highest BCUT2D eigenvalue weighted by Gasteiger charge is 2.09. The van der Waals surface area contributed by atoms with E-state index in [0.717, 1.165) is 25.9 Å². The highest BCUT2D eigenvalue weighted by Crippen LogP contribution is 2.15. The topological polar surface area (TPSA) is 38.7 Å². The molecule has 0 rings (SSSR count). The maximum absolute atomic E-state index is 9.39. The number of aliphatic hydroxyl groups is 1. The van der Waals surface area contributed by atoms with Crippen LogP contribution in [-0.2, 0) is 9.26 Å². The first kappa shape index (κ1) is 13.7. The summed E-state index contributed by atoms with van der Waals surface area (Å²) in [4.78, 5) is 0. The van der Waals surface area contributed by atoms with E-state index in [1.54, 1.807) is 7.11 Å². The molecule has 0 aromatic rings. The normalized spacial score (nSPS) is 15.7. The van der Waals surface area contributed by atoms with E-state index in [9.17, 15) is 5.11 Å². The Kier molecular flexibility index (Phi) is 9.83. The molecule has 3 unspecified atom stereocenters. The number of aliphatic hydroxyl groups excluding tert-OH is 1. The molecule has 5 heteroatoms. The quantitative estimate of drug-likeness (QED) is 0.499. The molecular weight excluding hydrogens is 206 g/mol. The number of hydrogen-bond donors (Lipinski definition) is 1. The van der Waals surface area contributed by atoms with Crippen LogP contribution in [0.2, 0.25) is 0 Å². The predicted molar refractivity (Wildman–Crippen MR) is 60.9 cm³/mol. The first-order valence-corrected chi connectivity index (χ1v) is 5.58. The highest BCUT2D eigenvalue weighted by atomic mass is 31.0. The van der Waals surface area contributed by atoms with Crippen molar-refractivity contribution in [3.63, 3.8) is 0 Å². The van der Waals surface area contributed by atoms with Crippen molar-refractivity contribution >= 4 is 18.7 Å². The van der Waals surface area contributed by atoms with E-state index in [4.69, 9.17) is 9.26 Å². The Morgan fingerprint density at radius 3 is 2.69 bits per heavy atom. The predicted octanol–water partition coefficient (Wildman–Crippen LogP) is 1.21. The lowest BCUT2D eigenvalue weighted by molar-refractivity contribution is 0.108. The largest absolute Gasteiger partial charge is 0.391 e. The molecule has 0 heterocycles. The zero-order valence-corrected chi connectivity index (χ0v) is 10.4. The van der Waals surface area contributed by atoms with Gasteiger partial charge in [0.05, 0.1) is 12.7 Å². The molecule has 13 heavy (non-hydrogen) atoms. The summed E-state index contributed by atoms with van der Waals surface area (Å²) in [6.07, 6.45) is 2.51. The fraction of sp³-hybridized carbons (Fsp3) is 1.00. The number of methoxy groups -OCH3 is 1. The van der Waals surface area contributed by atoms with Crippen LogP contribution in [0.3, 0.4) is 0 Å². The lowest BCUT2D eigenvalue weighted by Gasteiger charge is -2.15. The molecule has 3 nitrogen and oxygen atoms in total. The van der Waals surface area contributed by atoms with Gasteiger partial charge in [-0.1, -0.05) is 0 Å². The van der Waals surface area contributed by atoms with E-state index in [-0.39, 0.29) is 6.10 Å². The molecule has 0 aromatic heterocycles. The second kappa shape index (κ2) is 9.30. The van der Waals surface area contributed by atoms with Gasteiger partial charge < -0.3 is 14.4 Å². The van der Waals surface area contributed by atoms with Crippen LogP contribution in [0.15, 0.2) is 0 Å². The van der Waals surface area contributed by atoms with E-state index in [1.165, 1.54) is 0 Å². The summed E-state index contributed by atoms with van der Waals surface area (Å²) in [6.45, 7) is 1.18. The Morgan fingerprint density at radius 2 is 2.15 bits per heavy atom. The van der Waals surface area contributed by atoms with Gasteiger partial charge in [0.15, 0.2) is 0 Å². The average Bonchev–Trinajstić information content (AvgIpc) is 2.05. The van der Waals surface area contributed by atoms with Crippen LogP contribution in [0.25, 0.3) is 0 Å². The summed E-state index contributed by atoms with van der Waals surface area (Å²) in [5.74, 6) is 0. The molecule has 0 aliphatic heterocycles. The SMILES string of the molecule is COCCCC(P)C[C@H](O)COP. The number of rotatable bonds is 8. The third-order valence-electron chi connectivity index (χ3n) is 1.79. The first-order chi connectivity index (χ1) is 6.20. The maximum Gasteiger partial charge on any atom is 0.0782 e. The van der Waals surface area contributed by atoms with Crippen molar-refractivity contribution in [1.82, 2.24) is 0 Å². The Labute approximate surface area is 85.1 Å². The van der Waals surface area contributed by atoms with Gasteiger partial charge in [0.2, 0.25) is 0 Å². The third-order valence-corrected chi connectivity index (χ3v) is 2.58. The van der Waals surface area contributed by atoms with Gasteiger partial charge in [0.25, 0.3) is 0 Å². The fourth-order valence-electron chi connectivity index (χ4n) is 1.14. The summed E-state index contributed by atoms with van der Waals surface area (Å²) in [5, 5.41) is 9.39. The van der Waals surface area contributed by atoms with Crippen molar-refractivity contribution in [3.8, 4) is 0 Å². The molecule has 80 valence electrons. The van der Waals surface area contributed by atoms with Crippen LogP contribution in [0, 0.1) is 0 Å². The highest BCUT2D eigenvalue weighted by molar-refractivity contribution is 7.17. The molecule has 0 radical (unpaired) electrons. The molecule has 0 bridgehead atoms. The van der Waals surface area contributed by atoms with E-state index in [1.807, 2.05) is 0 Å². The molecule has 0 amide bonds. The summed E-state index contributed by atoms with van der Waals surface area (Å²) < 4.78 is 9.71. The zero-order chi connectivity index (χ0) is 10.1. The average molecular weight is 226 g/mol. The van der Waals surface area contributed by atoms with Crippen molar-refractivity contribution in [1.29, 1.82) is 0 Å². The van der Waals surface area contributed by atoms with Gasteiger partial charge in [-0.05, 0) is 24.9 Å². The number of hydrogen-bond acceptors (Lipinski definition) is 3. The van der Waals surface area contributed by atoms with Crippen molar-refractivity contribution in [2.45, 2.75) is 31.0 Å². The van der Waals surface area contributed by atoms with Gasteiger partial charge in [-0.2, -0.15) is 0 Å². The Morgan fingerprint density at radius 1 is 1.46 bits per heavy atom. The minimum absolute atomic E-state index is 0.359. The Hall–Kier alpha value is 0.740. The van der Waals surface area contributed by atoms with Crippen LogP contribution in [0.5, 0.6) is 0 Å². The fourth-order valence-corrected chi connectivity index (χ4v) is 1.91. The van der Waals surface area contributed by atoms with Crippen LogP contribution in [0.1, 0.15) is 19.3 Å². The Balaban J connectivity index is 3.32. The van der Waals surface area contributed by atoms with Crippen LogP contribution < -0.4 is 0 Å². The second-order valence-electron chi connectivity index (χ2n) is 3.12. The van der Waals surface area contributed by atoms with Crippen LogP contribution >= 0.6 is 18.7 Å². The van der Waals surface area contributed by atoms with Crippen molar-refractivity contribution < 1.29 is 14.4 Å². The van der Waals surface area contributed by atoms with E-state index in [2.05, 4.69) is 18.7 Å². The molecular formula is C8H20O3P2. The van der Waals surface area contributed by atoms with Gasteiger partial charge in [-0.15, -0.1) is 9.24 Å². The molecule has 0 aliphatic rings. The van der Waals surface area contributed by atoms with Crippen molar-refractivity contribution in [2.24, 2.45) is 0 Å². The monoisotopic (exact) mass is 226 g/mol. The molecule has 0 saturated carbocycles. The van der Waals surface area contributed by atoms with Gasteiger partial charge in [0.1, 0.15) is 0 Å². The molecule has 4 atom stereocenters. The van der Waals surface area contributed by atoms with E-state index < -0.39 is 0 Å². The van der Waals surface area contributed by atoms with E-state index in [0.29, 0.717) is 12.3 Å². The zero-order valence-electron chi connectivity index (χ0n) is 8.11. The second-order valence-corrected chi connectivity index (χ2v) is 4.39. The summed E-state index contributed by atoms with van der Waals surface area (Å²) >= 11 is 0. The minimum Gasteiger partial charge on any atom is -0.391 e. The molecule has 0 saturated heterocycles. The van der Waals surface area contributed by atoms with E-state index >= 15 is 0 Å².